The van der Waals surface area contributed by atoms with Crippen molar-refractivity contribution in [3.05, 3.63) is 42.2 Å². The summed E-state index contributed by atoms with van der Waals surface area (Å²) in [5.41, 5.74) is 1.36. The first-order valence-electron chi connectivity index (χ1n) is 9.60. The molecule has 1 aromatic rings. The Morgan fingerprint density at radius 3 is 2.71 bits per heavy atom. The molecular formula is C22H34N2. The van der Waals surface area contributed by atoms with Gasteiger partial charge in [0.25, 0.3) is 0 Å². The summed E-state index contributed by atoms with van der Waals surface area (Å²) in [6.45, 7) is 1.13. The first-order chi connectivity index (χ1) is 11.9. The van der Waals surface area contributed by atoms with E-state index < -0.39 is 0 Å². The van der Waals surface area contributed by atoms with Gasteiger partial charge in [0.2, 0.25) is 0 Å². The summed E-state index contributed by atoms with van der Waals surface area (Å²) in [7, 11) is 2.01. The maximum absolute atomic E-state index is 4.15. The van der Waals surface area contributed by atoms with E-state index >= 15 is 0 Å². The highest BCUT2D eigenvalue weighted by Gasteiger charge is 1.93. The van der Waals surface area contributed by atoms with Crippen molar-refractivity contribution >= 4 is 0 Å². The molecule has 0 fully saturated rings. The molecule has 0 bridgehead atoms. The van der Waals surface area contributed by atoms with Gasteiger partial charge in [-0.05, 0) is 69.8 Å². The molecule has 1 heterocycles. The molecule has 0 spiro atoms. The van der Waals surface area contributed by atoms with Gasteiger partial charge in [0.15, 0.2) is 0 Å². The Hall–Kier alpha value is -1.59. The van der Waals surface area contributed by atoms with Gasteiger partial charge in [0.05, 0.1) is 0 Å². The third-order valence-corrected chi connectivity index (χ3v) is 4.09. The molecule has 1 aromatic heterocycles. The van der Waals surface area contributed by atoms with Crippen LogP contribution in [0.2, 0.25) is 0 Å². The van der Waals surface area contributed by atoms with E-state index in [4.69, 9.17) is 0 Å². The van der Waals surface area contributed by atoms with Crippen LogP contribution in [0.3, 0.4) is 0 Å². The lowest BCUT2D eigenvalue weighted by Gasteiger charge is -2.00. The van der Waals surface area contributed by atoms with Gasteiger partial charge in [0.1, 0.15) is 0 Å². The van der Waals surface area contributed by atoms with Crippen molar-refractivity contribution in [1.82, 2.24) is 10.3 Å². The minimum atomic E-state index is 1.04. The van der Waals surface area contributed by atoms with Gasteiger partial charge in [-0.15, -0.1) is 0 Å². The molecule has 0 amide bonds. The lowest BCUT2D eigenvalue weighted by Crippen LogP contribution is -2.06. The zero-order valence-corrected chi connectivity index (χ0v) is 15.4. The van der Waals surface area contributed by atoms with E-state index in [-0.39, 0.29) is 0 Å². The Kier molecular flexibility index (Phi) is 13.9. The highest BCUT2D eigenvalue weighted by Crippen LogP contribution is 2.08. The number of allylic oxidation sites excluding steroid dienone is 2. The van der Waals surface area contributed by atoms with Crippen molar-refractivity contribution in [2.24, 2.45) is 0 Å². The molecule has 0 aliphatic carbocycles. The molecule has 1 N–H and O–H groups in total. The van der Waals surface area contributed by atoms with Crippen LogP contribution in [0, 0.1) is 11.8 Å². The third-order valence-electron chi connectivity index (χ3n) is 4.09. The quantitative estimate of drug-likeness (QED) is 0.393. The number of nitrogens with one attached hydrogen (secondary N) is 1. The molecule has 0 saturated carbocycles. The van der Waals surface area contributed by atoms with E-state index in [0.717, 1.165) is 25.8 Å². The summed E-state index contributed by atoms with van der Waals surface area (Å²) in [5, 5.41) is 3.18. The molecule has 0 aromatic carbocycles. The number of hydrogen-bond acceptors (Lipinski definition) is 2. The van der Waals surface area contributed by atoms with Crippen LogP contribution in [0.15, 0.2) is 36.7 Å². The number of nitrogens with zero attached hydrogens (tertiary/aromatic N) is 1. The van der Waals surface area contributed by atoms with Crippen LogP contribution < -0.4 is 5.32 Å². The van der Waals surface area contributed by atoms with E-state index in [1.807, 2.05) is 31.6 Å². The molecule has 132 valence electrons. The predicted octanol–water partition coefficient (Wildman–Crippen LogP) is 5.30. The molecule has 2 heteroatoms. The standard InChI is InChI=1S/C22H34N2/c1-23-19-15-13-11-9-7-5-3-2-4-6-8-10-12-14-17-22-18-16-20-24-21-22/h5,7,16,18,20-21,23H,4,6,8-15,17,19H2,1H3/b7-5+. The Labute approximate surface area is 149 Å². The summed E-state index contributed by atoms with van der Waals surface area (Å²) in [6, 6.07) is 4.19. The molecule has 0 saturated heterocycles. The van der Waals surface area contributed by atoms with Crippen molar-refractivity contribution in [3.8, 4) is 11.8 Å². The lowest BCUT2D eigenvalue weighted by molar-refractivity contribution is 0.620. The van der Waals surface area contributed by atoms with Crippen molar-refractivity contribution in [2.45, 2.75) is 70.6 Å². The summed E-state index contributed by atoms with van der Waals surface area (Å²) in [6.07, 6.45) is 21.7. The molecule has 2 nitrogen and oxygen atoms in total. The molecule has 0 aliphatic heterocycles. The van der Waals surface area contributed by atoms with Gasteiger partial charge in [-0.1, -0.05) is 49.7 Å². The van der Waals surface area contributed by atoms with E-state index in [2.05, 4.69) is 34.3 Å². The maximum Gasteiger partial charge on any atom is 0.0299 e. The van der Waals surface area contributed by atoms with Crippen LogP contribution in [0.25, 0.3) is 0 Å². The highest BCUT2D eigenvalue weighted by molar-refractivity contribution is 5.15. The molecule has 0 aliphatic rings. The number of rotatable bonds is 13. The summed E-state index contributed by atoms with van der Waals surface area (Å²) >= 11 is 0. The van der Waals surface area contributed by atoms with Gasteiger partial charge >= 0.3 is 0 Å². The number of pyridine rings is 1. The van der Waals surface area contributed by atoms with Gasteiger partial charge in [0, 0.05) is 18.8 Å². The summed E-state index contributed by atoms with van der Waals surface area (Å²) < 4.78 is 0. The van der Waals surface area contributed by atoms with Gasteiger partial charge in [-0.25, -0.2) is 0 Å². The minimum absolute atomic E-state index is 1.04. The van der Waals surface area contributed by atoms with Crippen molar-refractivity contribution in [1.29, 1.82) is 0 Å². The monoisotopic (exact) mass is 326 g/mol. The van der Waals surface area contributed by atoms with Crippen molar-refractivity contribution < 1.29 is 0 Å². The number of aromatic nitrogens is 1. The fourth-order valence-corrected chi connectivity index (χ4v) is 2.63. The van der Waals surface area contributed by atoms with Gasteiger partial charge in [-0.3, -0.25) is 4.98 Å². The SMILES string of the molecule is CNCCCCC/C=C/C#CCCCCCCCc1cccnc1. The Bertz CT molecular complexity index is 468. The lowest BCUT2D eigenvalue weighted by atomic mass is 10.1. The van der Waals surface area contributed by atoms with E-state index in [0.29, 0.717) is 0 Å². The second-order valence-corrected chi connectivity index (χ2v) is 6.31. The molecule has 24 heavy (non-hydrogen) atoms. The van der Waals surface area contributed by atoms with Crippen LogP contribution in [-0.4, -0.2) is 18.6 Å². The summed E-state index contributed by atoms with van der Waals surface area (Å²) in [5.74, 6) is 6.42. The van der Waals surface area contributed by atoms with Crippen LogP contribution in [-0.2, 0) is 6.42 Å². The minimum Gasteiger partial charge on any atom is -0.320 e. The fourth-order valence-electron chi connectivity index (χ4n) is 2.63. The van der Waals surface area contributed by atoms with Crippen LogP contribution in [0.1, 0.15) is 69.8 Å². The first-order valence-corrected chi connectivity index (χ1v) is 9.60. The predicted molar refractivity (Wildman–Crippen MR) is 105 cm³/mol. The average Bonchev–Trinajstić information content (AvgIpc) is 2.62. The number of unbranched alkanes of at least 4 members (excludes halogenated alkanes) is 8. The van der Waals surface area contributed by atoms with Crippen LogP contribution in [0.4, 0.5) is 0 Å². The molecule has 0 radical (unpaired) electrons. The Morgan fingerprint density at radius 2 is 1.88 bits per heavy atom. The molecular weight excluding hydrogens is 292 g/mol. The molecule has 1 rings (SSSR count). The highest BCUT2D eigenvalue weighted by atomic mass is 14.8. The largest absolute Gasteiger partial charge is 0.320 e. The normalized spacial score (nSPS) is 10.7. The zero-order valence-electron chi connectivity index (χ0n) is 15.4. The maximum atomic E-state index is 4.15. The van der Waals surface area contributed by atoms with Gasteiger partial charge in [-0.2, -0.15) is 0 Å². The van der Waals surface area contributed by atoms with E-state index in [1.165, 1.54) is 56.9 Å². The fraction of sp³-hybridized carbons (Fsp3) is 0.591. The smallest absolute Gasteiger partial charge is 0.0299 e. The van der Waals surface area contributed by atoms with Crippen molar-refractivity contribution in [2.75, 3.05) is 13.6 Å². The van der Waals surface area contributed by atoms with Crippen LogP contribution >= 0.6 is 0 Å². The topological polar surface area (TPSA) is 24.9 Å². The van der Waals surface area contributed by atoms with E-state index in [1.54, 1.807) is 0 Å². The Balaban J connectivity index is 1.85. The number of hydrogen-bond donors (Lipinski definition) is 1. The number of aryl methyl sites for hydroxylation is 1. The third kappa shape index (κ3) is 12.9. The Morgan fingerprint density at radius 1 is 1.04 bits per heavy atom. The first kappa shape index (κ1) is 20.5. The second-order valence-electron chi connectivity index (χ2n) is 6.31. The zero-order chi connectivity index (χ0) is 17.1. The summed E-state index contributed by atoms with van der Waals surface area (Å²) in [4.78, 5) is 4.15. The second kappa shape index (κ2) is 16.3. The van der Waals surface area contributed by atoms with Gasteiger partial charge < -0.3 is 5.32 Å². The van der Waals surface area contributed by atoms with Crippen LogP contribution in [0.5, 0.6) is 0 Å². The van der Waals surface area contributed by atoms with E-state index in [9.17, 15) is 0 Å². The molecule has 0 atom stereocenters. The van der Waals surface area contributed by atoms with Crippen molar-refractivity contribution in [3.63, 3.8) is 0 Å². The average molecular weight is 327 g/mol. The molecule has 0 unspecified atom stereocenters.